The molecule has 0 amide bonds. The molecule has 0 fully saturated rings. The molecule has 0 heterocycles. The monoisotopic (exact) mass is 354 g/mol. The van der Waals surface area contributed by atoms with E-state index in [1.165, 1.54) is 32.1 Å². The highest BCUT2D eigenvalue weighted by atomic mass is 16.5. The summed E-state index contributed by atoms with van der Waals surface area (Å²) in [4.78, 5) is 0. The van der Waals surface area contributed by atoms with Crippen LogP contribution in [0, 0.1) is 0 Å². The Bertz CT molecular complexity index is 154. The van der Waals surface area contributed by atoms with Crippen LogP contribution >= 0.6 is 0 Å². The molecule has 6 nitrogen and oxygen atoms in total. The maximum Gasteiger partial charge on any atom is 0.0701 e. The van der Waals surface area contributed by atoms with Gasteiger partial charge < -0.3 is 29.5 Å². The fraction of sp³-hybridized carbons (Fsp3) is 1.00. The van der Waals surface area contributed by atoms with Crippen molar-refractivity contribution in [1.82, 2.24) is 0 Å². The van der Waals surface area contributed by atoms with Crippen molar-refractivity contribution in [2.75, 3.05) is 59.5 Å². The number of rotatable bonds is 15. The van der Waals surface area contributed by atoms with Crippen LogP contribution < -0.4 is 0 Å². The SMILES string of the molecule is CCCCCCCCO.CCOCC.OCCOCCOCCO. The third-order valence-electron chi connectivity index (χ3n) is 2.76. The van der Waals surface area contributed by atoms with Gasteiger partial charge in [-0.1, -0.05) is 39.0 Å². The first kappa shape index (κ1) is 28.6. The molecule has 0 unspecified atom stereocenters. The quantitative estimate of drug-likeness (QED) is 0.391. The Hall–Kier alpha value is -0.240. The van der Waals surface area contributed by atoms with Crippen LogP contribution in [0.4, 0.5) is 0 Å². The van der Waals surface area contributed by atoms with Gasteiger partial charge in [0, 0.05) is 19.8 Å². The first-order valence-electron chi connectivity index (χ1n) is 9.30. The molecule has 0 saturated heterocycles. The van der Waals surface area contributed by atoms with Crippen molar-refractivity contribution in [2.24, 2.45) is 0 Å². The molecule has 0 saturated carbocycles. The van der Waals surface area contributed by atoms with Crippen LogP contribution in [-0.4, -0.2) is 74.8 Å². The van der Waals surface area contributed by atoms with Crippen LogP contribution in [0.5, 0.6) is 0 Å². The smallest absolute Gasteiger partial charge is 0.0701 e. The van der Waals surface area contributed by atoms with Gasteiger partial charge in [-0.05, 0) is 20.3 Å². The Morgan fingerprint density at radius 3 is 1.29 bits per heavy atom. The summed E-state index contributed by atoms with van der Waals surface area (Å²) in [5, 5.41) is 24.9. The summed E-state index contributed by atoms with van der Waals surface area (Å²) in [6.45, 7) is 9.98. The van der Waals surface area contributed by atoms with Gasteiger partial charge in [0.05, 0.1) is 39.6 Å². The molecule has 3 N–H and O–H groups in total. The zero-order valence-corrected chi connectivity index (χ0v) is 16.2. The zero-order chi connectivity index (χ0) is 18.7. The molecule has 0 aromatic rings. The number of hydrogen-bond donors (Lipinski definition) is 3. The Morgan fingerprint density at radius 2 is 0.958 bits per heavy atom. The molecule has 150 valence electrons. The second kappa shape index (κ2) is 34.2. The van der Waals surface area contributed by atoms with E-state index in [2.05, 4.69) is 6.92 Å². The summed E-state index contributed by atoms with van der Waals surface area (Å²) in [5.41, 5.74) is 0. The molecule has 0 radical (unpaired) electrons. The third kappa shape index (κ3) is 43.0. The second-order valence-corrected chi connectivity index (χ2v) is 4.94. The first-order valence-corrected chi connectivity index (χ1v) is 9.30. The lowest BCUT2D eigenvalue weighted by Crippen LogP contribution is -2.09. The molecule has 0 spiro atoms. The van der Waals surface area contributed by atoms with Gasteiger partial charge in [-0.15, -0.1) is 0 Å². The number of unbranched alkanes of at least 4 members (excludes halogenated alkanes) is 5. The van der Waals surface area contributed by atoms with E-state index in [9.17, 15) is 0 Å². The van der Waals surface area contributed by atoms with Crippen LogP contribution in [0.2, 0.25) is 0 Å². The van der Waals surface area contributed by atoms with Gasteiger partial charge in [0.15, 0.2) is 0 Å². The van der Waals surface area contributed by atoms with Gasteiger partial charge in [0.1, 0.15) is 0 Å². The van der Waals surface area contributed by atoms with Crippen LogP contribution in [0.25, 0.3) is 0 Å². The van der Waals surface area contributed by atoms with Gasteiger partial charge in [0.2, 0.25) is 0 Å². The highest BCUT2D eigenvalue weighted by Crippen LogP contribution is 2.03. The lowest BCUT2D eigenvalue weighted by Gasteiger charge is -2.01. The Balaban J connectivity index is -0.000000291. The normalized spacial score (nSPS) is 9.75. The van der Waals surface area contributed by atoms with E-state index in [1.54, 1.807) is 0 Å². The molecule has 0 rings (SSSR count). The summed E-state index contributed by atoms with van der Waals surface area (Å²) in [7, 11) is 0. The number of aliphatic hydroxyl groups is 3. The minimum Gasteiger partial charge on any atom is -0.396 e. The maximum atomic E-state index is 8.42. The largest absolute Gasteiger partial charge is 0.396 e. The molecular weight excluding hydrogens is 312 g/mol. The molecular formula is C18H42O6. The molecule has 0 atom stereocenters. The Kier molecular flexibility index (Phi) is 40.7. The summed E-state index contributed by atoms with van der Waals surface area (Å²) in [6.07, 6.45) is 7.50. The first-order chi connectivity index (χ1) is 11.7. The Morgan fingerprint density at radius 1 is 0.500 bits per heavy atom. The van der Waals surface area contributed by atoms with E-state index < -0.39 is 0 Å². The van der Waals surface area contributed by atoms with E-state index in [0.717, 1.165) is 19.6 Å². The average molecular weight is 355 g/mol. The topological polar surface area (TPSA) is 88.4 Å². The number of hydrogen-bond acceptors (Lipinski definition) is 6. The molecule has 6 heteroatoms. The highest BCUT2D eigenvalue weighted by Gasteiger charge is 1.87. The maximum absolute atomic E-state index is 8.42. The summed E-state index contributed by atoms with van der Waals surface area (Å²) in [5.74, 6) is 0. The molecule has 0 aliphatic rings. The van der Waals surface area contributed by atoms with Crippen LogP contribution in [0.3, 0.4) is 0 Å². The molecule has 0 bridgehead atoms. The van der Waals surface area contributed by atoms with Crippen molar-refractivity contribution < 1.29 is 29.5 Å². The predicted molar refractivity (Wildman–Crippen MR) is 98.4 cm³/mol. The van der Waals surface area contributed by atoms with Crippen molar-refractivity contribution >= 4 is 0 Å². The minimum absolute atomic E-state index is 0.0417. The molecule has 0 aromatic carbocycles. The number of aliphatic hydroxyl groups excluding tert-OH is 3. The van der Waals surface area contributed by atoms with Crippen LogP contribution in [0.15, 0.2) is 0 Å². The van der Waals surface area contributed by atoms with Gasteiger partial charge in [-0.2, -0.15) is 0 Å². The van der Waals surface area contributed by atoms with Crippen molar-refractivity contribution in [1.29, 1.82) is 0 Å². The summed E-state index contributed by atoms with van der Waals surface area (Å²) < 4.78 is 14.6. The third-order valence-corrected chi connectivity index (χ3v) is 2.76. The fourth-order valence-corrected chi connectivity index (χ4v) is 1.55. The molecule has 0 aliphatic heterocycles. The van der Waals surface area contributed by atoms with Gasteiger partial charge in [0.25, 0.3) is 0 Å². The molecule has 0 aromatic heterocycles. The van der Waals surface area contributed by atoms with E-state index in [1.807, 2.05) is 13.8 Å². The predicted octanol–water partition coefficient (Wildman–Crippen LogP) is 2.39. The van der Waals surface area contributed by atoms with E-state index >= 15 is 0 Å². The van der Waals surface area contributed by atoms with Gasteiger partial charge in [-0.25, -0.2) is 0 Å². The molecule has 24 heavy (non-hydrogen) atoms. The summed E-state index contributed by atoms with van der Waals surface area (Å²) >= 11 is 0. The van der Waals surface area contributed by atoms with Crippen molar-refractivity contribution in [3.8, 4) is 0 Å². The summed E-state index contributed by atoms with van der Waals surface area (Å²) in [6, 6.07) is 0. The highest BCUT2D eigenvalue weighted by molar-refractivity contribution is 4.41. The molecule has 0 aliphatic carbocycles. The van der Waals surface area contributed by atoms with Crippen molar-refractivity contribution in [3.63, 3.8) is 0 Å². The van der Waals surface area contributed by atoms with Crippen molar-refractivity contribution in [3.05, 3.63) is 0 Å². The average Bonchev–Trinajstić information content (AvgIpc) is 2.60. The van der Waals surface area contributed by atoms with Crippen molar-refractivity contribution in [2.45, 2.75) is 59.3 Å². The van der Waals surface area contributed by atoms with Crippen LogP contribution in [-0.2, 0) is 14.2 Å². The van der Waals surface area contributed by atoms with Crippen LogP contribution in [0.1, 0.15) is 59.3 Å². The lowest BCUT2D eigenvalue weighted by molar-refractivity contribution is 0.0222. The second-order valence-electron chi connectivity index (χ2n) is 4.94. The number of ether oxygens (including phenoxy) is 3. The van der Waals surface area contributed by atoms with Gasteiger partial charge >= 0.3 is 0 Å². The Labute approximate surface area is 149 Å². The van der Waals surface area contributed by atoms with E-state index in [4.69, 9.17) is 29.5 Å². The fourth-order valence-electron chi connectivity index (χ4n) is 1.55. The van der Waals surface area contributed by atoms with Gasteiger partial charge in [-0.3, -0.25) is 0 Å². The van der Waals surface area contributed by atoms with E-state index in [0.29, 0.717) is 33.0 Å². The minimum atomic E-state index is 0.0417. The standard InChI is InChI=1S/C8H18O.C6H14O4.C4H10O/c1-2-3-4-5-6-7-8-9;7-1-3-9-5-6-10-4-2-8;1-3-5-4-2/h9H,2-8H2,1H3;7-8H,1-6H2;3-4H2,1-2H3. The zero-order valence-electron chi connectivity index (χ0n) is 16.2. The van der Waals surface area contributed by atoms with E-state index in [-0.39, 0.29) is 13.2 Å². The lowest BCUT2D eigenvalue weighted by atomic mass is 10.1.